The van der Waals surface area contributed by atoms with Gasteiger partial charge >= 0.3 is 0 Å². The third-order valence-electron chi connectivity index (χ3n) is 4.14. The Morgan fingerprint density at radius 2 is 1.77 bits per heavy atom. The van der Waals surface area contributed by atoms with E-state index in [2.05, 4.69) is 47.2 Å². The molecule has 0 aromatic heterocycles. The molecule has 2 nitrogen and oxygen atoms in total. The largest absolute Gasteiger partial charge is 0.242 e. The maximum Gasteiger partial charge on any atom is 0.0975 e. The smallest absolute Gasteiger partial charge is 0.0975 e. The Morgan fingerprint density at radius 1 is 1.05 bits per heavy atom. The highest BCUT2D eigenvalue weighted by Crippen LogP contribution is 2.39. The lowest BCUT2D eigenvalue weighted by Crippen LogP contribution is -2.35. The predicted octanol–water partition coefficient (Wildman–Crippen LogP) is 4.39. The van der Waals surface area contributed by atoms with Gasteiger partial charge in [-0.15, -0.1) is 0 Å². The van der Waals surface area contributed by atoms with Crippen LogP contribution in [0.3, 0.4) is 0 Å². The highest BCUT2D eigenvalue weighted by Gasteiger charge is 2.30. The summed E-state index contributed by atoms with van der Waals surface area (Å²) in [6.07, 6.45) is 2.07. The Morgan fingerprint density at radius 3 is 2.45 bits per heavy atom. The fraction of sp³-hybridized carbons (Fsp3) is 0.368. The highest BCUT2D eigenvalue weighted by molar-refractivity contribution is 7.84. The Kier molecular flexibility index (Phi) is 4.20. The van der Waals surface area contributed by atoms with Crippen molar-refractivity contribution < 1.29 is 4.21 Å². The molecule has 0 saturated carbocycles. The summed E-state index contributed by atoms with van der Waals surface area (Å²) in [5.41, 5.74) is 5.20. The Hall–Kier alpha value is -1.45. The summed E-state index contributed by atoms with van der Waals surface area (Å²) in [6, 6.07) is 17.1. The van der Waals surface area contributed by atoms with Gasteiger partial charge in [0.25, 0.3) is 0 Å². The van der Waals surface area contributed by atoms with Gasteiger partial charge in [-0.3, -0.25) is 0 Å². The van der Waals surface area contributed by atoms with Crippen molar-refractivity contribution in [2.24, 2.45) is 0 Å². The van der Waals surface area contributed by atoms with Crippen molar-refractivity contribution in [1.29, 1.82) is 0 Å². The predicted molar refractivity (Wildman–Crippen MR) is 94.0 cm³/mol. The maximum absolute atomic E-state index is 12.5. The SMILES string of the molecule is CC(C)(C)[S@@](=O)N[C@@H]1CCc2cccc(-c3ccccc3)c21. The Labute approximate surface area is 135 Å². The van der Waals surface area contributed by atoms with Crippen LogP contribution >= 0.6 is 0 Å². The van der Waals surface area contributed by atoms with E-state index in [1.54, 1.807) is 0 Å². The average Bonchev–Trinajstić information content (AvgIpc) is 2.90. The Balaban J connectivity index is 1.98. The van der Waals surface area contributed by atoms with E-state index in [4.69, 9.17) is 0 Å². The molecule has 1 N–H and O–H groups in total. The van der Waals surface area contributed by atoms with Gasteiger partial charge in [0.15, 0.2) is 0 Å². The number of hydrogen-bond acceptors (Lipinski definition) is 1. The lowest BCUT2D eigenvalue weighted by molar-refractivity contribution is 0.596. The van der Waals surface area contributed by atoms with Gasteiger partial charge in [-0.2, -0.15) is 0 Å². The quantitative estimate of drug-likeness (QED) is 0.894. The van der Waals surface area contributed by atoms with Gasteiger partial charge < -0.3 is 0 Å². The molecule has 0 heterocycles. The van der Waals surface area contributed by atoms with E-state index < -0.39 is 11.0 Å². The molecule has 0 spiro atoms. The summed E-state index contributed by atoms with van der Waals surface area (Å²) in [7, 11) is -1.05. The monoisotopic (exact) mass is 313 g/mol. The number of rotatable bonds is 3. The molecule has 0 amide bonds. The van der Waals surface area contributed by atoms with Gasteiger partial charge in [0, 0.05) is 6.04 Å². The third kappa shape index (κ3) is 3.01. The summed E-state index contributed by atoms with van der Waals surface area (Å²) in [6.45, 7) is 6.03. The number of nitrogens with one attached hydrogen (secondary N) is 1. The van der Waals surface area contributed by atoms with E-state index in [-0.39, 0.29) is 10.8 Å². The van der Waals surface area contributed by atoms with Crippen molar-refractivity contribution in [3.63, 3.8) is 0 Å². The molecule has 0 unspecified atom stereocenters. The van der Waals surface area contributed by atoms with Crippen LogP contribution in [0.4, 0.5) is 0 Å². The first kappa shape index (κ1) is 15.4. The van der Waals surface area contributed by atoms with Crippen LogP contribution in [0.5, 0.6) is 0 Å². The summed E-state index contributed by atoms with van der Waals surface area (Å²) in [5, 5.41) is 0. The first-order valence-corrected chi connectivity index (χ1v) is 8.97. The van der Waals surface area contributed by atoms with Crippen LogP contribution in [0.25, 0.3) is 11.1 Å². The molecule has 2 aromatic carbocycles. The van der Waals surface area contributed by atoms with Crippen LogP contribution in [0.1, 0.15) is 44.4 Å². The zero-order valence-corrected chi connectivity index (χ0v) is 14.2. The molecular weight excluding hydrogens is 290 g/mol. The van der Waals surface area contributed by atoms with Crippen LogP contribution in [0, 0.1) is 0 Å². The van der Waals surface area contributed by atoms with Crippen LogP contribution in [-0.2, 0) is 17.4 Å². The molecule has 0 aliphatic heterocycles. The molecule has 1 aliphatic carbocycles. The van der Waals surface area contributed by atoms with Crippen LogP contribution < -0.4 is 4.72 Å². The van der Waals surface area contributed by atoms with Crippen molar-refractivity contribution >= 4 is 11.0 Å². The van der Waals surface area contributed by atoms with Gasteiger partial charge in [0.05, 0.1) is 15.7 Å². The minimum atomic E-state index is -1.05. The molecule has 3 heteroatoms. The summed E-state index contributed by atoms with van der Waals surface area (Å²) in [5.74, 6) is 0. The molecule has 0 fully saturated rings. The zero-order valence-electron chi connectivity index (χ0n) is 13.4. The van der Waals surface area contributed by atoms with Crippen molar-refractivity contribution in [1.82, 2.24) is 4.72 Å². The molecule has 0 saturated heterocycles. The highest BCUT2D eigenvalue weighted by atomic mass is 32.2. The summed E-state index contributed by atoms with van der Waals surface area (Å²) >= 11 is 0. The number of fused-ring (bicyclic) bond motifs is 1. The normalized spacial score (nSPS) is 19.0. The molecule has 116 valence electrons. The van der Waals surface area contributed by atoms with Crippen molar-refractivity contribution in [2.45, 2.75) is 44.4 Å². The van der Waals surface area contributed by atoms with E-state index in [0.717, 1.165) is 12.8 Å². The molecule has 22 heavy (non-hydrogen) atoms. The molecule has 2 atom stereocenters. The fourth-order valence-electron chi connectivity index (χ4n) is 2.98. The van der Waals surface area contributed by atoms with Gasteiger partial charge in [0.2, 0.25) is 0 Å². The summed E-state index contributed by atoms with van der Waals surface area (Å²) < 4.78 is 15.6. The second-order valence-corrected chi connectivity index (χ2v) is 8.83. The lowest BCUT2D eigenvalue weighted by atomic mass is 9.95. The first-order valence-electron chi connectivity index (χ1n) is 7.82. The van der Waals surface area contributed by atoms with Crippen LogP contribution in [-0.4, -0.2) is 8.96 Å². The minimum Gasteiger partial charge on any atom is -0.242 e. The maximum atomic E-state index is 12.5. The van der Waals surface area contributed by atoms with E-state index in [1.165, 1.54) is 22.3 Å². The van der Waals surface area contributed by atoms with Gasteiger partial charge in [0.1, 0.15) is 0 Å². The van der Waals surface area contributed by atoms with Crippen molar-refractivity contribution in [3.8, 4) is 11.1 Å². The molecule has 0 radical (unpaired) electrons. The second kappa shape index (κ2) is 5.98. The fourth-order valence-corrected chi connectivity index (χ4v) is 3.83. The van der Waals surface area contributed by atoms with Crippen molar-refractivity contribution in [3.05, 3.63) is 59.7 Å². The van der Waals surface area contributed by atoms with E-state index >= 15 is 0 Å². The first-order chi connectivity index (χ1) is 10.5. The van der Waals surface area contributed by atoms with Gasteiger partial charge in [-0.05, 0) is 55.9 Å². The molecule has 2 aromatic rings. The van der Waals surface area contributed by atoms with Crippen LogP contribution in [0.2, 0.25) is 0 Å². The number of benzene rings is 2. The average molecular weight is 313 g/mol. The van der Waals surface area contributed by atoms with E-state index in [0.29, 0.717) is 0 Å². The Bertz CT molecular complexity index is 688. The van der Waals surface area contributed by atoms with Crippen molar-refractivity contribution in [2.75, 3.05) is 0 Å². The lowest BCUT2D eigenvalue weighted by Gasteiger charge is -2.23. The topological polar surface area (TPSA) is 29.1 Å². The van der Waals surface area contributed by atoms with E-state index in [9.17, 15) is 4.21 Å². The van der Waals surface area contributed by atoms with Crippen LogP contribution in [0.15, 0.2) is 48.5 Å². The molecular formula is C19H23NOS. The standard InChI is InChI=1S/C19H23NOS/c1-19(2,3)22(21)20-17-13-12-15-10-7-11-16(18(15)17)14-8-5-4-6-9-14/h4-11,17,20H,12-13H2,1-3H3/t17-,22-/m1/s1. The number of aryl methyl sites for hydroxylation is 1. The molecule has 3 rings (SSSR count). The molecule has 0 bridgehead atoms. The van der Waals surface area contributed by atoms with E-state index in [1.807, 2.05) is 26.8 Å². The minimum absolute atomic E-state index is 0.173. The van der Waals surface area contributed by atoms with Gasteiger partial charge in [-0.25, -0.2) is 8.93 Å². The van der Waals surface area contributed by atoms with Gasteiger partial charge in [-0.1, -0.05) is 48.5 Å². The zero-order chi connectivity index (χ0) is 15.7. The third-order valence-corrected chi connectivity index (χ3v) is 5.75. The second-order valence-electron chi connectivity index (χ2n) is 6.83. The molecule has 1 aliphatic rings. The number of hydrogen-bond donors (Lipinski definition) is 1. The summed E-state index contributed by atoms with van der Waals surface area (Å²) in [4.78, 5) is 0.